The summed E-state index contributed by atoms with van der Waals surface area (Å²) in [7, 11) is -3.21. The summed E-state index contributed by atoms with van der Waals surface area (Å²) in [6.07, 6.45) is 1.12. The maximum atomic E-state index is 12.6. The fourth-order valence-electron chi connectivity index (χ4n) is 2.23. The van der Waals surface area contributed by atoms with Gasteiger partial charge in [-0.05, 0) is 26.0 Å². The van der Waals surface area contributed by atoms with Gasteiger partial charge in [0.25, 0.3) is 11.8 Å². The molecule has 1 aliphatic rings. The molecule has 0 radical (unpaired) electrons. The molecular weight excluding hydrogens is 292 g/mol. The molecule has 0 unspecified atom stereocenters. The molecule has 6 nitrogen and oxygen atoms in total. The van der Waals surface area contributed by atoms with Crippen LogP contribution in [-0.2, 0) is 14.6 Å². The molecule has 114 valence electrons. The zero-order chi connectivity index (χ0) is 15.8. The molecule has 1 aliphatic heterocycles. The molecule has 1 aromatic rings. The minimum Gasteiger partial charge on any atom is -0.338 e. The predicted molar refractivity (Wildman–Crippen MR) is 80.1 cm³/mol. The van der Waals surface area contributed by atoms with Gasteiger partial charge in [-0.1, -0.05) is 12.1 Å². The van der Waals surface area contributed by atoms with E-state index in [2.05, 4.69) is 5.32 Å². The third kappa shape index (κ3) is 3.24. The summed E-state index contributed by atoms with van der Waals surface area (Å²) in [5.74, 6) is -0.826. The van der Waals surface area contributed by atoms with Crippen LogP contribution in [0.3, 0.4) is 0 Å². The Hall–Kier alpha value is -1.89. The summed E-state index contributed by atoms with van der Waals surface area (Å²) < 4.78 is 22.8. The molecule has 0 fully saturated rings. The zero-order valence-electron chi connectivity index (χ0n) is 12.2. The Labute approximate surface area is 124 Å². The molecule has 0 atom stereocenters. The van der Waals surface area contributed by atoms with Crippen molar-refractivity contribution < 1.29 is 18.0 Å². The van der Waals surface area contributed by atoms with Crippen molar-refractivity contribution in [3.63, 3.8) is 0 Å². The molecule has 21 heavy (non-hydrogen) atoms. The number of sulfone groups is 1. The number of benzene rings is 1. The van der Waals surface area contributed by atoms with Crippen LogP contribution in [0.5, 0.6) is 0 Å². The number of carbonyl (C=O) groups is 2. The van der Waals surface area contributed by atoms with Crippen molar-refractivity contribution in [1.29, 1.82) is 0 Å². The van der Waals surface area contributed by atoms with Crippen LogP contribution < -0.4 is 10.2 Å². The lowest BCUT2D eigenvalue weighted by molar-refractivity contribution is -0.123. The van der Waals surface area contributed by atoms with Crippen LogP contribution in [0.2, 0.25) is 0 Å². The Bertz CT molecular complexity index is 695. The molecule has 0 saturated heterocycles. The first-order valence-corrected chi connectivity index (χ1v) is 8.59. The van der Waals surface area contributed by atoms with Gasteiger partial charge in [-0.25, -0.2) is 8.42 Å². The fourth-order valence-corrected chi connectivity index (χ4v) is 2.75. The molecule has 0 bridgehead atoms. The van der Waals surface area contributed by atoms with E-state index in [1.54, 1.807) is 38.1 Å². The molecule has 2 amide bonds. The second-order valence-corrected chi connectivity index (χ2v) is 7.94. The standard InChI is InChI=1S/C14H18N2O4S/c1-14(2)13(18)16(8-9-21(3,19)20)11-7-5-4-6-10(11)12(17)15-14/h4-7H,8-9H2,1-3H3,(H,15,17). The highest BCUT2D eigenvalue weighted by molar-refractivity contribution is 7.90. The van der Waals surface area contributed by atoms with Gasteiger partial charge in [0.1, 0.15) is 15.4 Å². The summed E-state index contributed by atoms with van der Waals surface area (Å²) >= 11 is 0. The van der Waals surface area contributed by atoms with E-state index in [0.717, 1.165) is 6.26 Å². The number of amides is 2. The number of nitrogens with one attached hydrogen (secondary N) is 1. The number of rotatable bonds is 3. The summed E-state index contributed by atoms with van der Waals surface area (Å²) in [6, 6.07) is 6.68. The Morgan fingerprint density at radius 1 is 1.19 bits per heavy atom. The molecule has 2 rings (SSSR count). The SMILES string of the molecule is CC1(C)NC(=O)c2ccccc2N(CCS(C)(=O)=O)C1=O. The maximum absolute atomic E-state index is 12.6. The number of hydrogen-bond donors (Lipinski definition) is 1. The van der Waals surface area contributed by atoms with Crippen LogP contribution in [0.4, 0.5) is 5.69 Å². The van der Waals surface area contributed by atoms with Crippen molar-refractivity contribution >= 4 is 27.3 Å². The van der Waals surface area contributed by atoms with E-state index in [1.165, 1.54) is 4.90 Å². The number of anilines is 1. The number of para-hydroxylation sites is 1. The molecule has 0 aromatic heterocycles. The van der Waals surface area contributed by atoms with Gasteiger partial charge in [0.15, 0.2) is 0 Å². The minimum absolute atomic E-state index is 0.0209. The van der Waals surface area contributed by atoms with Crippen LogP contribution in [0.1, 0.15) is 24.2 Å². The predicted octanol–water partition coefficient (Wildman–Crippen LogP) is 0.586. The van der Waals surface area contributed by atoms with E-state index < -0.39 is 15.4 Å². The highest BCUT2D eigenvalue weighted by atomic mass is 32.2. The topological polar surface area (TPSA) is 83.6 Å². The molecular formula is C14H18N2O4S. The second kappa shape index (κ2) is 5.14. The molecule has 0 aliphatic carbocycles. The van der Waals surface area contributed by atoms with Gasteiger partial charge < -0.3 is 10.2 Å². The van der Waals surface area contributed by atoms with Crippen LogP contribution in [0.25, 0.3) is 0 Å². The molecule has 0 saturated carbocycles. The first-order chi connectivity index (χ1) is 9.62. The quantitative estimate of drug-likeness (QED) is 0.885. The van der Waals surface area contributed by atoms with Crippen LogP contribution in [0, 0.1) is 0 Å². The van der Waals surface area contributed by atoms with Crippen molar-refractivity contribution in [3.05, 3.63) is 29.8 Å². The van der Waals surface area contributed by atoms with Gasteiger partial charge in [0.2, 0.25) is 0 Å². The summed E-state index contributed by atoms with van der Waals surface area (Å²) in [4.78, 5) is 26.2. The average molecular weight is 310 g/mol. The Morgan fingerprint density at radius 3 is 2.43 bits per heavy atom. The third-order valence-corrected chi connectivity index (χ3v) is 4.26. The maximum Gasteiger partial charge on any atom is 0.254 e. The highest BCUT2D eigenvalue weighted by Gasteiger charge is 2.39. The van der Waals surface area contributed by atoms with Crippen LogP contribution in [0.15, 0.2) is 24.3 Å². The Kier molecular flexibility index (Phi) is 3.79. The van der Waals surface area contributed by atoms with E-state index in [0.29, 0.717) is 11.3 Å². The Balaban J connectivity index is 2.49. The lowest BCUT2D eigenvalue weighted by atomic mass is 10.0. The molecule has 7 heteroatoms. The van der Waals surface area contributed by atoms with Crippen molar-refractivity contribution in [2.45, 2.75) is 19.4 Å². The van der Waals surface area contributed by atoms with E-state index in [-0.39, 0.29) is 24.1 Å². The van der Waals surface area contributed by atoms with Crippen molar-refractivity contribution in [1.82, 2.24) is 5.32 Å². The number of fused-ring (bicyclic) bond motifs is 1. The van der Waals surface area contributed by atoms with Crippen molar-refractivity contribution in [3.8, 4) is 0 Å². The Morgan fingerprint density at radius 2 is 1.81 bits per heavy atom. The van der Waals surface area contributed by atoms with Crippen LogP contribution in [-0.4, -0.2) is 44.3 Å². The zero-order valence-corrected chi connectivity index (χ0v) is 13.0. The first-order valence-electron chi connectivity index (χ1n) is 6.53. The lowest BCUT2D eigenvalue weighted by Crippen LogP contribution is -2.54. The van der Waals surface area contributed by atoms with Gasteiger partial charge in [-0.3, -0.25) is 9.59 Å². The summed E-state index contributed by atoms with van der Waals surface area (Å²) in [6.45, 7) is 3.23. The van der Waals surface area contributed by atoms with E-state index >= 15 is 0 Å². The molecule has 1 N–H and O–H groups in total. The van der Waals surface area contributed by atoms with Crippen molar-refractivity contribution in [2.24, 2.45) is 0 Å². The van der Waals surface area contributed by atoms with Crippen LogP contribution >= 0.6 is 0 Å². The smallest absolute Gasteiger partial charge is 0.254 e. The van der Waals surface area contributed by atoms with Gasteiger partial charge in [-0.15, -0.1) is 0 Å². The molecule has 1 aromatic carbocycles. The summed E-state index contributed by atoms with van der Waals surface area (Å²) in [5, 5.41) is 2.67. The number of nitrogens with zero attached hydrogens (tertiary/aromatic N) is 1. The minimum atomic E-state index is -3.21. The van der Waals surface area contributed by atoms with E-state index in [9.17, 15) is 18.0 Å². The molecule has 0 spiro atoms. The third-order valence-electron chi connectivity index (χ3n) is 3.33. The van der Waals surface area contributed by atoms with Gasteiger partial charge in [-0.2, -0.15) is 0 Å². The lowest BCUT2D eigenvalue weighted by Gasteiger charge is -2.29. The largest absolute Gasteiger partial charge is 0.338 e. The van der Waals surface area contributed by atoms with E-state index in [4.69, 9.17) is 0 Å². The van der Waals surface area contributed by atoms with E-state index in [1.807, 2.05) is 0 Å². The van der Waals surface area contributed by atoms with Gasteiger partial charge >= 0.3 is 0 Å². The fraction of sp³-hybridized carbons (Fsp3) is 0.429. The summed E-state index contributed by atoms with van der Waals surface area (Å²) in [5.41, 5.74) is -0.285. The second-order valence-electron chi connectivity index (χ2n) is 5.68. The monoisotopic (exact) mass is 310 g/mol. The average Bonchev–Trinajstić information content (AvgIpc) is 2.43. The number of hydrogen-bond acceptors (Lipinski definition) is 4. The first kappa shape index (κ1) is 15.5. The normalized spacial score (nSPS) is 18.0. The highest BCUT2D eigenvalue weighted by Crippen LogP contribution is 2.27. The van der Waals surface area contributed by atoms with Crippen molar-refractivity contribution in [2.75, 3.05) is 23.5 Å². The molecule has 1 heterocycles. The number of carbonyl (C=O) groups excluding carboxylic acids is 2. The van der Waals surface area contributed by atoms with Gasteiger partial charge in [0, 0.05) is 12.8 Å². The van der Waals surface area contributed by atoms with Gasteiger partial charge in [0.05, 0.1) is 17.0 Å².